The van der Waals surface area contributed by atoms with Crippen molar-refractivity contribution >= 4 is 42.9 Å². The molecule has 0 fully saturated rings. The van der Waals surface area contributed by atoms with Crippen LogP contribution < -0.4 is 33.2 Å². The van der Waals surface area contributed by atoms with Gasteiger partial charge in [-0.3, -0.25) is 0 Å². The molecule has 3 rings (SSSR count). The number of hydrogen-bond donors (Lipinski definition) is 1. The van der Waals surface area contributed by atoms with Crippen LogP contribution >= 0.6 is 27.0 Å². The fourth-order valence-electron chi connectivity index (χ4n) is 3.48. The molecule has 0 heterocycles. The summed E-state index contributed by atoms with van der Waals surface area (Å²) in [5, 5.41) is 4.36. The Hall–Kier alpha value is -0.458. The number of benzene rings is 3. The molecule has 1 N–H and O–H groups in total. The third-order valence-electron chi connectivity index (χ3n) is 4.49. The minimum absolute atomic E-state index is 0. The Morgan fingerprint density at radius 1 is 0.774 bits per heavy atom. The second-order valence-electron chi connectivity index (χ2n) is 7.60. The number of rotatable bonds is 7. The summed E-state index contributed by atoms with van der Waals surface area (Å²) >= 11 is -0.106. The van der Waals surface area contributed by atoms with Gasteiger partial charge in [-0.15, -0.1) is 0 Å². The van der Waals surface area contributed by atoms with E-state index >= 15 is 0 Å². The Balaban J connectivity index is 0.00000113. The van der Waals surface area contributed by atoms with Crippen molar-refractivity contribution in [2.45, 2.75) is 13.1 Å². The van der Waals surface area contributed by atoms with E-state index in [0.717, 1.165) is 13.1 Å². The van der Waals surface area contributed by atoms with Gasteiger partial charge in [-0.1, -0.05) is 78.9 Å². The van der Waals surface area contributed by atoms with E-state index in [2.05, 4.69) is 112 Å². The summed E-state index contributed by atoms with van der Waals surface area (Å²) in [4.78, 5) is 3.73. The average Bonchev–Trinajstić information content (AvgIpc) is 2.71. The molecule has 0 bridgehead atoms. The first-order valence-electron chi connectivity index (χ1n) is 9.75. The summed E-state index contributed by atoms with van der Waals surface area (Å²) < 4.78 is 0. The van der Waals surface area contributed by atoms with Gasteiger partial charge in [-0.05, 0) is 43.5 Å². The van der Waals surface area contributed by atoms with Crippen molar-refractivity contribution in [1.29, 1.82) is 0 Å². The second-order valence-corrected chi connectivity index (χ2v) is 12.1. The molecule has 0 aromatic heterocycles. The molecule has 0 spiro atoms. The molecule has 172 valence electrons. The fourth-order valence-corrected chi connectivity index (χ4v) is 6.11. The van der Waals surface area contributed by atoms with Gasteiger partial charge in [0.15, 0.2) is 0 Å². The molecule has 0 radical (unpaired) electrons. The number of hydrogen-bond acceptors (Lipinski definition) is 1. The van der Waals surface area contributed by atoms with E-state index in [9.17, 15) is 0 Å². The van der Waals surface area contributed by atoms with Gasteiger partial charge in [0, 0.05) is 12.1 Å². The van der Waals surface area contributed by atoms with E-state index < -0.39 is 7.92 Å². The van der Waals surface area contributed by atoms with Crippen molar-refractivity contribution in [2.75, 3.05) is 28.2 Å². The third kappa shape index (κ3) is 9.13. The molecule has 3 aromatic carbocycles. The molecule has 0 aliphatic rings. The van der Waals surface area contributed by atoms with E-state index in [1.54, 1.807) is 0 Å². The van der Waals surface area contributed by atoms with Gasteiger partial charge in [0.25, 0.3) is 0 Å². The molecule has 0 unspecified atom stereocenters. The molecule has 0 aliphatic heterocycles. The summed E-state index contributed by atoms with van der Waals surface area (Å²) in [6.45, 7) is 2.00. The fraction of sp³-hybridized carbons (Fsp3) is 0.250. The van der Waals surface area contributed by atoms with Crippen molar-refractivity contribution in [1.82, 2.24) is 4.90 Å². The average molecular weight is 590 g/mol. The van der Waals surface area contributed by atoms with Gasteiger partial charge < -0.3 is 22.2 Å². The van der Waals surface area contributed by atoms with Crippen LogP contribution in [0.25, 0.3) is 0 Å². The molecular weight excluding hydrogens is 560 g/mol. The standard InChI is InChI=1S/C24H29N2P.3ClH.Pd/c1-25(2)18-20-12-11-13-21(19-26(3)4)24(20)27(22-14-7-5-8-15-22)23-16-9-6-10-17-23;;;;/h5-17H,18-19H2,1-4H3;3*1H;/q;;;;+2/p-2. The zero-order chi connectivity index (χ0) is 21.9. The molecule has 7 heteroatoms. The molecule has 3 aromatic rings. The maximum atomic E-state index is 4.81. The zero-order valence-corrected chi connectivity index (χ0v) is 23.0. The SMILES string of the molecule is CN(C)Cc1cccc(C[NH+](C)C)c1P(c1ccccc1)c1ccccc1.[Cl-].[Cl][Pd][Cl]. The van der Waals surface area contributed by atoms with Crippen molar-refractivity contribution < 1.29 is 33.2 Å². The van der Waals surface area contributed by atoms with Crippen LogP contribution in [0.1, 0.15) is 11.1 Å². The van der Waals surface area contributed by atoms with Crippen LogP contribution in [0.15, 0.2) is 78.9 Å². The Morgan fingerprint density at radius 3 is 1.65 bits per heavy atom. The Labute approximate surface area is 211 Å². The van der Waals surface area contributed by atoms with Crippen LogP contribution in [-0.4, -0.2) is 33.1 Å². The van der Waals surface area contributed by atoms with Crippen molar-refractivity contribution in [3.8, 4) is 0 Å². The van der Waals surface area contributed by atoms with Crippen LogP contribution in [0, 0.1) is 0 Å². The quantitative estimate of drug-likeness (QED) is 0.312. The predicted molar refractivity (Wildman–Crippen MR) is 131 cm³/mol. The molecule has 2 nitrogen and oxygen atoms in total. The number of quaternary nitrogens is 1. The first kappa shape index (κ1) is 28.6. The first-order valence-corrected chi connectivity index (χ1v) is 15.1. The normalized spacial score (nSPS) is 10.7. The number of nitrogens with zero attached hydrogens (tertiary/aromatic N) is 1. The van der Waals surface area contributed by atoms with Gasteiger partial charge in [0.1, 0.15) is 6.54 Å². The van der Waals surface area contributed by atoms with Crippen molar-refractivity contribution in [3.63, 3.8) is 0 Å². The van der Waals surface area contributed by atoms with Gasteiger partial charge in [-0.2, -0.15) is 0 Å². The van der Waals surface area contributed by atoms with Crippen molar-refractivity contribution in [3.05, 3.63) is 90.0 Å². The van der Waals surface area contributed by atoms with E-state index in [1.807, 2.05) is 0 Å². The van der Waals surface area contributed by atoms with Gasteiger partial charge >= 0.3 is 35.0 Å². The van der Waals surface area contributed by atoms with Crippen molar-refractivity contribution in [2.24, 2.45) is 0 Å². The first-order chi connectivity index (χ1) is 14.5. The van der Waals surface area contributed by atoms with Gasteiger partial charge in [0.2, 0.25) is 0 Å². The van der Waals surface area contributed by atoms with E-state index in [0.29, 0.717) is 0 Å². The van der Waals surface area contributed by atoms with E-state index in [1.165, 1.54) is 31.9 Å². The third-order valence-corrected chi connectivity index (χ3v) is 7.14. The maximum absolute atomic E-state index is 4.81. The van der Waals surface area contributed by atoms with Crippen LogP contribution in [0.4, 0.5) is 0 Å². The molecule has 0 amide bonds. The van der Waals surface area contributed by atoms with Crippen LogP contribution in [0.2, 0.25) is 0 Å². The molecule has 0 atom stereocenters. The summed E-state index contributed by atoms with van der Waals surface area (Å²) in [6.07, 6.45) is 0. The van der Waals surface area contributed by atoms with Gasteiger partial charge in [0.05, 0.1) is 14.1 Å². The summed E-state index contributed by atoms with van der Waals surface area (Å²) in [7, 11) is 17.8. The Morgan fingerprint density at radius 2 is 1.23 bits per heavy atom. The van der Waals surface area contributed by atoms with E-state index in [-0.39, 0.29) is 28.3 Å². The van der Waals surface area contributed by atoms with Crippen LogP contribution in [0.5, 0.6) is 0 Å². The zero-order valence-electron chi connectivity index (χ0n) is 18.3. The summed E-state index contributed by atoms with van der Waals surface area (Å²) in [6, 6.07) is 28.9. The summed E-state index contributed by atoms with van der Waals surface area (Å²) in [5.41, 5.74) is 2.91. The molecule has 0 saturated carbocycles. The molecule has 31 heavy (non-hydrogen) atoms. The number of nitrogens with one attached hydrogen (secondary N) is 1. The van der Waals surface area contributed by atoms with Crippen LogP contribution in [-0.2, 0) is 29.0 Å². The molecular formula is C24H30Cl3N2PPd. The number of halogens is 3. The second kappa shape index (κ2) is 15.4. The molecule has 0 aliphatic carbocycles. The monoisotopic (exact) mass is 588 g/mol. The molecule has 0 saturated heterocycles. The predicted octanol–water partition coefficient (Wildman–Crippen LogP) is 0.531. The van der Waals surface area contributed by atoms with E-state index in [4.69, 9.17) is 19.1 Å². The van der Waals surface area contributed by atoms with Crippen LogP contribution in [0.3, 0.4) is 0 Å². The Bertz CT molecular complexity index is 813. The Kier molecular flexibility index (Phi) is 14.2. The summed E-state index contributed by atoms with van der Waals surface area (Å²) in [5.74, 6) is 0. The van der Waals surface area contributed by atoms with Gasteiger partial charge in [-0.25, -0.2) is 0 Å². The topological polar surface area (TPSA) is 7.68 Å². The minimum atomic E-state index is -0.589.